The summed E-state index contributed by atoms with van der Waals surface area (Å²) in [6.07, 6.45) is 0.579. The molecule has 0 bridgehead atoms. The Labute approximate surface area is 55.2 Å². The molecule has 0 aliphatic carbocycles. The van der Waals surface area contributed by atoms with Crippen LogP contribution in [0, 0.1) is 0 Å². The van der Waals surface area contributed by atoms with Crippen LogP contribution < -0.4 is 0 Å². The Balaban J connectivity index is 4.12. The maximum absolute atomic E-state index is 10.3. The molecule has 8 heavy (non-hydrogen) atoms. The highest BCUT2D eigenvalue weighted by molar-refractivity contribution is 8.09. The minimum absolute atomic E-state index is 0.579. The summed E-state index contributed by atoms with van der Waals surface area (Å²) >= 11 is 0. The van der Waals surface area contributed by atoms with Gasteiger partial charge in [-0.05, 0) is 24.5 Å². The van der Waals surface area contributed by atoms with Crippen molar-refractivity contribution in [3.8, 4) is 0 Å². The summed E-state index contributed by atoms with van der Waals surface area (Å²) in [5.74, 6) is 0. The van der Waals surface area contributed by atoms with Gasteiger partial charge in [0, 0.05) is 0 Å². The number of carbonyl (C=O) groups excluding carboxylic acids is 1. The van der Waals surface area contributed by atoms with E-state index in [4.69, 9.17) is 10.7 Å². The molecular weight excluding hydrogens is 148 g/mol. The molecule has 0 rings (SSSR count). The second-order valence-corrected chi connectivity index (χ2v) is 4.28. The van der Waals surface area contributed by atoms with Gasteiger partial charge in [0.25, 0.3) is 0 Å². The van der Waals surface area contributed by atoms with Crippen LogP contribution in [-0.4, -0.2) is 15.2 Å². The van der Waals surface area contributed by atoms with Crippen LogP contribution in [0.15, 0.2) is 0 Å². The van der Waals surface area contributed by atoms with Gasteiger partial charge in [-0.3, -0.25) is 0 Å². The minimum Gasteiger partial charge on any atom is -0.302 e. The lowest BCUT2D eigenvalue weighted by molar-refractivity contribution is -0.109. The van der Waals surface area contributed by atoms with Crippen molar-refractivity contribution in [3.63, 3.8) is 0 Å². The van der Waals surface area contributed by atoms with Gasteiger partial charge in [-0.2, -0.15) is 0 Å². The Morgan fingerprint density at radius 1 is 1.62 bits per heavy atom. The molecule has 4 heteroatoms. The van der Waals surface area contributed by atoms with Gasteiger partial charge in [0.05, 0.1) is 0 Å². The predicted octanol–water partition coefficient (Wildman–Crippen LogP) is 0.866. The number of halogens is 1. The predicted molar refractivity (Wildman–Crippen MR) is 34.1 cm³/mol. The molecule has 48 valence electrons. The highest BCUT2D eigenvalue weighted by Crippen LogP contribution is 2.11. The first-order valence-corrected chi connectivity index (χ1v) is 4.03. The highest BCUT2D eigenvalue weighted by Gasteiger charge is 2.22. The van der Waals surface area contributed by atoms with Gasteiger partial charge >= 0.3 is 0 Å². The Hall–Kier alpha value is 0.110. The summed E-state index contributed by atoms with van der Waals surface area (Å²) in [5, 5.41) is 0. The maximum atomic E-state index is 10.3. The van der Waals surface area contributed by atoms with Crippen LogP contribution in [0.5, 0.6) is 0 Å². The zero-order valence-corrected chi connectivity index (χ0v) is 6.25. The molecule has 0 spiro atoms. The first kappa shape index (κ1) is 8.11. The van der Waals surface area contributed by atoms with E-state index in [1.54, 1.807) is 0 Å². The molecule has 0 aromatic heterocycles. The lowest BCUT2D eigenvalue weighted by atomic mass is 10.2. The molecule has 2 nitrogen and oxygen atoms in total. The highest BCUT2D eigenvalue weighted by atomic mass is 35.7. The fraction of sp³-hybridized carbons (Fsp3) is 0.750. The van der Waals surface area contributed by atoms with Crippen molar-refractivity contribution in [2.24, 2.45) is 0 Å². The van der Waals surface area contributed by atoms with Crippen LogP contribution in [-0.2, 0) is 14.8 Å². The summed E-state index contributed by atoms with van der Waals surface area (Å²) < 4.78 is 9.44. The molecule has 0 heterocycles. The second kappa shape index (κ2) is 2.60. The second-order valence-electron chi connectivity index (χ2n) is 1.94. The lowest BCUT2D eigenvalue weighted by Gasteiger charge is -2.08. The van der Waals surface area contributed by atoms with E-state index < -0.39 is 14.8 Å². The largest absolute Gasteiger partial charge is 0.302 e. The van der Waals surface area contributed by atoms with Gasteiger partial charge in [0.1, 0.15) is 21.0 Å². The van der Waals surface area contributed by atoms with Gasteiger partial charge in [0.15, 0.2) is 0 Å². The Morgan fingerprint density at radius 3 is 2.00 bits per heavy atom. The number of hydrogen-bond acceptors (Lipinski definition) is 2. The van der Waals surface area contributed by atoms with E-state index in [-0.39, 0.29) is 0 Å². The van der Waals surface area contributed by atoms with Gasteiger partial charge in [-0.15, -0.1) is 0 Å². The fourth-order valence-electron chi connectivity index (χ4n) is 0.0378. The first-order valence-electron chi connectivity index (χ1n) is 2.05. The number of aldehydes is 1. The zero-order chi connectivity index (χ0) is 6.78. The van der Waals surface area contributed by atoms with Crippen LogP contribution in [0.3, 0.4) is 0 Å². The van der Waals surface area contributed by atoms with E-state index in [0.717, 1.165) is 0 Å². The first-order chi connectivity index (χ1) is 3.50. The van der Waals surface area contributed by atoms with Crippen LogP contribution in [0.25, 0.3) is 0 Å². The van der Waals surface area contributed by atoms with E-state index >= 15 is 0 Å². The maximum Gasteiger partial charge on any atom is 0.139 e. The summed E-state index contributed by atoms with van der Waals surface area (Å²) in [6, 6.07) is 0. The summed E-state index contributed by atoms with van der Waals surface area (Å²) in [4.78, 5) is 9.99. The molecule has 0 saturated carbocycles. The van der Waals surface area contributed by atoms with Gasteiger partial charge in [-0.1, -0.05) is 0 Å². The lowest BCUT2D eigenvalue weighted by Crippen LogP contribution is -2.24. The molecule has 0 radical (unpaired) electrons. The van der Waals surface area contributed by atoms with E-state index in [2.05, 4.69) is 0 Å². The van der Waals surface area contributed by atoms with Crippen LogP contribution in [0.4, 0.5) is 0 Å². The Kier molecular flexibility index (Phi) is 2.63. The number of hydrogen-bond donors (Lipinski definition) is 0. The molecule has 1 unspecified atom stereocenters. The standard InChI is InChI=1S/C4H7ClO2S/c1-4(2,3-6)8(5)7/h3H,1-2H3. The van der Waals surface area contributed by atoms with Crippen molar-refractivity contribution in [1.82, 2.24) is 0 Å². The molecule has 0 aromatic rings. The Bertz CT molecular complexity index is 121. The van der Waals surface area contributed by atoms with Crippen molar-refractivity contribution in [2.75, 3.05) is 0 Å². The van der Waals surface area contributed by atoms with Crippen molar-refractivity contribution < 1.29 is 9.00 Å². The minimum atomic E-state index is -1.57. The van der Waals surface area contributed by atoms with Crippen LogP contribution in [0.1, 0.15) is 13.8 Å². The molecule has 0 saturated heterocycles. The third-order valence-corrected chi connectivity index (χ3v) is 2.81. The molecule has 0 amide bonds. The third kappa shape index (κ3) is 1.92. The molecule has 0 aromatic carbocycles. The summed E-state index contributed by atoms with van der Waals surface area (Å²) in [7, 11) is 3.54. The molecule has 0 aliphatic rings. The molecular formula is C4H7ClO2S. The normalized spacial score (nSPS) is 15.4. The monoisotopic (exact) mass is 154 g/mol. The number of rotatable bonds is 2. The zero-order valence-electron chi connectivity index (χ0n) is 4.68. The van der Waals surface area contributed by atoms with Crippen molar-refractivity contribution in [1.29, 1.82) is 0 Å². The van der Waals surface area contributed by atoms with Crippen molar-refractivity contribution in [3.05, 3.63) is 0 Å². The average molecular weight is 155 g/mol. The molecule has 0 fully saturated rings. The van der Waals surface area contributed by atoms with Gasteiger partial charge in [-0.25, -0.2) is 4.21 Å². The molecule has 0 N–H and O–H groups in total. The van der Waals surface area contributed by atoms with E-state index in [9.17, 15) is 9.00 Å². The average Bonchev–Trinajstić information content (AvgIpc) is 1.67. The van der Waals surface area contributed by atoms with Gasteiger partial charge in [0.2, 0.25) is 0 Å². The SMILES string of the molecule is CC(C)(C=O)S(=O)Cl. The van der Waals surface area contributed by atoms with Crippen molar-refractivity contribution in [2.45, 2.75) is 18.6 Å². The smallest absolute Gasteiger partial charge is 0.139 e. The molecule has 1 atom stereocenters. The summed E-state index contributed by atoms with van der Waals surface area (Å²) in [6.45, 7) is 3.03. The van der Waals surface area contributed by atoms with Gasteiger partial charge < -0.3 is 4.79 Å². The summed E-state index contributed by atoms with van der Waals surface area (Å²) in [5.41, 5.74) is 0. The van der Waals surface area contributed by atoms with Crippen molar-refractivity contribution >= 4 is 27.0 Å². The molecule has 0 aliphatic heterocycles. The van der Waals surface area contributed by atoms with Crippen LogP contribution in [0.2, 0.25) is 0 Å². The van der Waals surface area contributed by atoms with Crippen LogP contribution >= 0.6 is 10.7 Å². The van der Waals surface area contributed by atoms with E-state index in [0.29, 0.717) is 6.29 Å². The quantitative estimate of drug-likeness (QED) is 0.437. The number of carbonyl (C=O) groups is 1. The Morgan fingerprint density at radius 2 is 2.00 bits per heavy atom. The van der Waals surface area contributed by atoms with E-state index in [1.165, 1.54) is 13.8 Å². The van der Waals surface area contributed by atoms with E-state index in [1.807, 2.05) is 0 Å². The topological polar surface area (TPSA) is 34.1 Å². The third-order valence-electron chi connectivity index (χ3n) is 0.697. The fourth-order valence-corrected chi connectivity index (χ4v) is 0.223.